The summed E-state index contributed by atoms with van der Waals surface area (Å²) in [5.74, 6) is 1.64. The standard InChI is InChI=1S/C21H23N/c1-15-3-5-17(6-4-15)18-7-9-19(10-8-18)20-11-12-21(14-22)16(2)13-20/h7-13,15,17H,3-6H2,1-2H3. The molecule has 0 aromatic heterocycles. The number of benzene rings is 2. The van der Waals surface area contributed by atoms with Crippen LogP contribution in [-0.2, 0) is 0 Å². The van der Waals surface area contributed by atoms with E-state index in [9.17, 15) is 0 Å². The summed E-state index contributed by atoms with van der Waals surface area (Å²) in [5, 5.41) is 9.03. The molecule has 0 bridgehead atoms. The van der Waals surface area contributed by atoms with Gasteiger partial charge in [-0.2, -0.15) is 5.26 Å². The third-order valence-electron chi connectivity index (χ3n) is 5.08. The van der Waals surface area contributed by atoms with Crippen LogP contribution in [0.1, 0.15) is 55.2 Å². The summed E-state index contributed by atoms with van der Waals surface area (Å²) in [6, 6.07) is 17.3. The molecule has 2 aromatic carbocycles. The van der Waals surface area contributed by atoms with E-state index in [1.54, 1.807) is 0 Å². The SMILES string of the molecule is Cc1cc(-c2ccc(C3CCC(C)CC3)cc2)ccc1C#N. The normalized spacial score (nSPS) is 21.3. The number of nitriles is 1. The van der Waals surface area contributed by atoms with Gasteiger partial charge in [0.25, 0.3) is 0 Å². The fourth-order valence-electron chi connectivity index (χ4n) is 3.51. The molecule has 0 radical (unpaired) electrons. The van der Waals surface area contributed by atoms with Gasteiger partial charge in [-0.3, -0.25) is 0 Å². The molecule has 112 valence electrons. The van der Waals surface area contributed by atoms with Crippen molar-refractivity contribution in [2.75, 3.05) is 0 Å². The molecular weight excluding hydrogens is 266 g/mol. The van der Waals surface area contributed by atoms with Gasteiger partial charge in [-0.05, 0) is 59.9 Å². The van der Waals surface area contributed by atoms with Gasteiger partial charge in [-0.25, -0.2) is 0 Å². The van der Waals surface area contributed by atoms with E-state index in [1.165, 1.54) is 42.4 Å². The van der Waals surface area contributed by atoms with E-state index in [0.717, 1.165) is 23.0 Å². The van der Waals surface area contributed by atoms with Gasteiger partial charge in [0.1, 0.15) is 0 Å². The minimum absolute atomic E-state index is 0.743. The van der Waals surface area contributed by atoms with Gasteiger partial charge in [0.05, 0.1) is 11.6 Å². The van der Waals surface area contributed by atoms with Crippen molar-refractivity contribution in [3.63, 3.8) is 0 Å². The Kier molecular flexibility index (Phi) is 4.29. The zero-order valence-corrected chi connectivity index (χ0v) is 13.5. The van der Waals surface area contributed by atoms with Crippen LogP contribution in [0.4, 0.5) is 0 Å². The number of hydrogen-bond donors (Lipinski definition) is 0. The highest BCUT2D eigenvalue weighted by atomic mass is 14.3. The van der Waals surface area contributed by atoms with Crippen molar-refractivity contribution >= 4 is 0 Å². The van der Waals surface area contributed by atoms with Crippen molar-refractivity contribution in [2.45, 2.75) is 45.4 Å². The monoisotopic (exact) mass is 289 g/mol. The van der Waals surface area contributed by atoms with Crippen LogP contribution >= 0.6 is 0 Å². The van der Waals surface area contributed by atoms with Crippen LogP contribution < -0.4 is 0 Å². The van der Waals surface area contributed by atoms with E-state index in [1.807, 2.05) is 19.1 Å². The first-order chi connectivity index (χ1) is 10.7. The third kappa shape index (κ3) is 3.07. The smallest absolute Gasteiger partial charge is 0.0994 e. The summed E-state index contributed by atoms with van der Waals surface area (Å²) < 4.78 is 0. The summed E-state index contributed by atoms with van der Waals surface area (Å²) in [4.78, 5) is 0. The zero-order valence-electron chi connectivity index (χ0n) is 13.5. The molecular formula is C21H23N. The largest absolute Gasteiger partial charge is 0.192 e. The predicted molar refractivity (Wildman–Crippen MR) is 91.7 cm³/mol. The summed E-state index contributed by atoms with van der Waals surface area (Å²) in [7, 11) is 0. The Bertz CT molecular complexity index is 683. The number of rotatable bonds is 2. The third-order valence-corrected chi connectivity index (χ3v) is 5.08. The average molecular weight is 289 g/mol. The van der Waals surface area contributed by atoms with Crippen molar-refractivity contribution in [3.8, 4) is 17.2 Å². The van der Waals surface area contributed by atoms with E-state index in [0.29, 0.717) is 0 Å². The second-order valence-corrected chi connectivity index (χ2v) is 6.72. The second-order valence-electron chi connectivity index (χ2n) is 6.72. The molecule has 0 N–H and O–H groups in total. The van der Waals surface area contributed by atoms with Crippen LogP contribution in [0.5, 0.6) is 0 Å². The van der Waals surface area contributed by atoms with Crippen molar-refractivity contribution in [1.29, 1.82) is 5.26 Å². The summed E-state index contributed by atoms with van der Waals surface area (Å²) in [5.41, 5.74) is 5.73. The van der Waals surface area contributed by atoms with Crippen LogP contribution in [0.3, 0.4) is 0 Å². The molecule has 1 nitrogen and oxygen atoms in total. The van der Waals surface area contributed by atoms with E-state index < -0.39 is 0 Å². The second kappa shape index (κ2) is 6.36. The zero-order chi connectivity index (χ0) is 15.5. The van der Waals surface area contributed by atoms with Gasteiger partial charge in [-0.1, -0.05) is 56.2 Å². The van der Waals surface area contributed by atoms with E-state index in [2.05, 4.69) is 43.3 Å². The first kappa shape index (κ1) is 14.9. The minimum atomic E-state index is 0.743. The Labute approximate surface area is 133 Å². The summed E-state index contributed by atoms with van der Waals surface area (Å²) in [6.07, 6.45) is 5.38. The molecule has 0 heterocycles. The van der Waals surface area contributed by atoms with Gasteiger partial charge >= 0.3 is 0 Å². The highest BCUT2D eigenvalue weighted by Gasteiger charge is 2.19. The van der Waals surface area contributed by atoms with Crippen LogP contribution in [0.25, 0.3) is 11.1 Å². The lowest BCUT2D eigenvalue weighted by atomic mass is 9.79. The van der Waals surface area contributed by atoms with E-state index in [-0.39, 0.29) is 0 Å². The summed E-state index contributed by atoms with van der Waals surface area (Å²) >= 11 is 0. The maximum Gasteiger partial charge on any atom is 0.0994 e. The first-order valence-corrected chi connectivity index (χ1v) is 8.28. The lowest BCUT2D eigenvalue weighted by molar-refractivity contribution is 0.348. The van der Waals surface area contributed by atoms with E-state index >= 15 is 0 Å². The topological polar surface area (TPSA) is 23.8 Å². The van der Waals surface area contributed by atoms with Gasteiger partial charge in [0.2, 0.25) is 0 Å². The van der Waals surface area contributed by atoms with Crippen LogP contribution in [0.15, 0.2) is 42.5 Å². The molecule has 0 spiro atoms. The molecule has 2 aromatic rings. The Morgan fingerprint density at radius 2 is 1.55 bits per heavy atom. The van der Waals surface area contributed by atoms with Crippen molar-refractivity contribution in [3.05, 3.63) is 59.2 Å². The van der Waals surface area contributed by atoms with E-state index in [4.69, 9.17) is 5.26 Å². The fourth-order valence-corrected chi connectivity index (χ4v) is 3.51. The molecule has 3 rings (SSSR count). The molecule has 0 unspecified atom stereocenters. The molecule has 1 aliphatic carbocycles. The highest BCUT2D eigenvalue weighted by Crippen LogP contribution is 2.36. The Morgan fingerprint density at radius 3 is 2.14 bits per heavy atom. The average Bonchev–Trinajstić information content (AvgIpc) is 2.56. The minimum Gasteiger partial charge on any atom is -0.192 e. The first-order valence-electron chi connectivity index (χ1n) is 8.28. The molecule has 22 heavy (non-hydrogen) atoms. The molecule has 1 fully saturated rings. The van der Waals surface area contributed by atoms with Gasteiger partial charge in [0.15, 0.2) is 0 Å². The van der Waals surface area contributed by atoms with Gasteiger partial charge in [-0.15, -0.1) is 0 Å². The Hall–Kier alpha value is -2.07. The lowest BCUT2D eigenvalue weighted by Crippen LogP contribution is -2.10. The molecule has 0 atom stereocenters. The predicted octanol–water partition coefficient (Wildman–Crippen LogP) is 5.83. The van der Waals surface area contributed by atoms with Crippen LogP contribution in [0.2, 0.25) is 0 Å². The van der Waals surface area contributed by atoms with Crippen molar-refractivity contribution in [1.82, 2.24) is 0 Å². The molecule has 1 aliphatic rings. The summed E-state index contributed by atoms with van der Waals surface area (Å²) in [6.45, 7) is 4.37. The van der Waals surface area contributed by atoms with Gasteiger partial charge in [0, 0.05) is 0 Å². The number of nitrogens with zero attached hydrogens (tertiary/aromatic N) is 1. The van der Waals surface area contributed by atoms with Crippen molar-refractivity contribution < 1.29 is 0 Å². The maximum absolute atomic E-state index is 9.03. The molecule has 0 aliphatic heterocycles. The molecule has 0 amide bonds. The Balaban J connectivity index is 1.79. The maximum atomic E-state index is 9.03. The molecule has 1 saturated carbocycles. The molecule has 1 heteroatoms. The quantitative estimate of drug-likeness (QED) is 0.682. The Morgan fingerprint density at radius 1 is 0.909 bits per heavy atom. The van der Waals surface area contributed by atoms with Gasteiger partial charge < -0.3 is 0 Å². The van der Waals surface area contributed by atoms with Crippen LogP contribution in [-0.4, -0.2) is 0 Å². The van der Waals surface area contributed by atoms with Crippen molar-refractivity contribution in [2.24, 2.45) is 5.92 Å². The number of hydrogen-bond acceptors (Lipinski definition) is 1. The molecule has 0 saturated heterocycles. The fraction of sp³-hybridized carbons (Fsp3) is 0.381. The lowest BCUT2D eigenvalue weighted by Gasteiger charge is -2.26. The number of aryl methyl sites for hydroxylation is 1. The highest BCUT2D eigenvalue weighted by molar-refractivity contribution is 5.66. The van der Waals surface area contributed by atoms with Crippen LogP contribution in [0, 0.1) is 24.2 Å².